The summed E-state index contributed by atoms with van der Waals surface area (Å²) in [5.74, 6) is 0.816. The van der Waals surface area contributed by atoms with Crippen molar-refractivity contribution in [2.24, 2.45) is 22.2 Å². The lowest BCUT2D eigenvalue weighted by molar-refractivity contribution is 0.108. The van der Waals surface area contributed by atoms with Gasteiger partial charge in [0.25, 0.3) is 0 Å². The second kappa shape index (κ2) is 5.55. The molecule has 18 heavy (non-hydrogen) atoms. The Bertz CT molecular complexity index is 259. The highest BCUT2D eigenvalue weighted by atomic mass is 14.4. The van der Waals surface area contributed by atoms with Crippen molar-refractivity contribution in [1.29, 1.82) is 0 Å². The van der Waals surface area contributed by atoms with E-state index in [-0.39, 0.29) is 0 Å². The summed E-state index contributed by atoms with van der Waals surface area (Å²) < 4.78 is 0. The SMILES string of the molecule is CC(C)C1(C)CCCC(C)(C)CCC(C)(C)CC1. The predicted molar refractivity (Wildman–Crippen MR) is 82.8 cm³/mol. The van der Waals surface area contributed by atoms with Crippen LogP contribution in [0.3, 0.4) is 0 Å². The third kappa shape index (κ3) is 4.59. The van der Waals surface area contributed by atoms with E-state index >= 15 is 0 Å². The van der Waals surface area contributed by atoms with Crippen LogP contribution in [-0.2, 0) is 0 Å². The van der Waals surface area contributed by atoms with Gasteiger partial charge in [0.05, 0.1) is 0 Å². The van der Waals surface area contributed by atoms with Crippen LogP contribution in [0.25, 0.3) is 0 Å². The fourth-order valence-electron chi connectivity index (χ4n) is 3.22. The van der Waals surface area contributed by atoms with Gasteiger partial charge in [0.15, 0.2) is 0 Å². The molecule has 0 radical (unpaired) electrons. The Morgan fingerprint density at radius 2 is 1.06 bits per heavy atom. The summed E-state index contributed by atoms with van der Waals surface area (Å²) in [4.78, 5) is 0. The van der Waals surface area contributed by atoms with Gasteiger partial charge >= 0.3 is 0 Å². The van der Waals surface area contributed by atoms with Gasteiger partial charge in [0.1, 0.15) is 0 Å². The van der Waals surface area contributed by atoms with Gasteiger partial charge in [0, 0.05) is 0 Å². The van der Waals surface area contributed by atoms with E-state index in [0.29, 0.717) is 16.2 Å². The molecular weight excluding hydrogens is 216 g/mol. The number of hydrogen-bond donors (Lipinski definition) is 0. The first kappa shape index (κ1) is 16.1. The summed E-state index contributed by atoms with van der Waals surface area (Å²) in [6.45, 7) is 17.3. The molecule has 0 heterocycles. The van der Waals surface area contributed by atoms with E-state index in [1.165, 1.54) is 44.9 Å². The first-order chi connectivity index (χ1) is 8.06. The smallest absolute Gasteiger partial charge is 0.0303 e. The normalized spacial score (nSPS) is 33.3. The maximum Gasteiger partial charge on any atom is -0.0303 e. The van der Waals surface area contributed by atoms with Gasteiger partial charge in [-0.1, -0.05) is 54.9 Å². The monoisotopic (exact) mass is 252 g/mol. The maximum atomic E-state index is 2.53. The molecular formula is C18H36. The van der Waals surface area contributed by atoms with Crippen molar-refractivity contribution in [3.63, 3.8) is 0 Å². The van der Waals surface area contributed by atoms with Crippen molar-refractivity contribution >= 4 is 0 Å². The van der Waals surface area contributed by atoms with Crippen molar-refractivity contribution in [2.75, 3.05) is 0 Å². The molecule has 0 heteroatoms. The zero-order valence-corrected chi connectivity index (χ0v) is 14.0. The van der Waals surface area contributed by atoms with Crippen LogP contribution in [0.15, 0.2) is 0 Å². The molecule has 0 aliphatic heterocycles. The highest BCUT2D eigenvalue weighted by Gasteiger charge is 2.33. The Balaban J connectivity index is 2.80. The Morgan fingerprint density at radius 3 is 1.56 bits per heavy atom. The van der Waals surface area contributed by atoms with E-state index < -0.39 is 0 Å². The topological polar surface area (TPSA) is 0 Å². The first-order valence-electron chi connectivity index (χ1n) is 8.06. The number of hydrogen-bond acceptors (Lipinski definition) is 0. The van der Waals surface area contributed by atoms with Gasteiger partial charge < -0.3 is 0 Å². The van der Waals surface area contributed by atoms with Crippen LogP contribution in [0.4, 0.5) is 0 Å². The average Bonchev–Trinajstić information content (AvgIpc) is 2.23. The lowest BCUT2D eigenvalue weighted by Gasteiger charge is -2.41. The second-order valence-corrected chi connectivity index (χ2v) is 8.99. The van der Waals surface area contributed by atoms with Gasteiger partial charge in [-0.3, -0.25) is 0 Å². The Labute approximate surface area is 116 Å². The van der Waals surface area contributed by atoms with E-state index in [2.05, 4.69) is 48.5 Å². The van der Waals surface area contributed by atoms with Gasteiger partial charge in [-0.15, -0.1) is 0 Å². The second-order valence-electron chi connectivity index (χ2n) is 8.99. The predicted octanol–water partition coefficient (Wildman–Crippen LogP) is 6.45. The standard InChI is InChI=1S/C18H36/c1-15(2)18(7)10-8-9-16(3,4)11-12-17(5,6)13-14-18/h15H,8-14H2,1-7H3. The molecule has 0 aromatic rings. The molecule has 1 aliphatic rings. The number of rotatable bonds is 1. The van der Waals surface area contributed by atoms with E-state index in [1.54, 1.807) is 0 Å². The highest BCUT2D eigenvalue weighted by Crippen LogP contribution is 2.46. The average molecular weight is 252 g/mol. The molecule has 0 saturated heterocycles. The van der Waals surface area contributed by atoms with Gasteiger partial charge in [-0.2, -0.15) is 0 Å². The molecule has 0 spiro atoms. The zero-order valence-electron chi connectivity index (χ0n) is 14.0. The Hall–Kier alpha value is 0. The van der Waals surface area contributed by atoms with E-state index in [1.807, 2.05) is 0 Å². The summed E-state index contributed by atoms with van der Waals surface area (Å²) in [6.07, 6.45) is 9.86. The van der Waals surface area contributed by atoms with Crippen molar-refractivity contribution in [3.8, 4) is 0 Å². The van der Waals surface area contributed by atoms with Crippen molar-refractivity contribution < 1.29 is 0 Å². The first-order valence-corrected chi connectivity index (χ1v) is 8.06. The van der Waals surface area contributed by atoms with Gasteiger partial charge in [0.2, 0.25) is 0 Å². The van der Waals surface area contributed by atoms with Crippen molar-refractivity contribution in [2.45, 2.75) is 93.4 Å². The minimum atomic E-state index is 0.533. The minimum absolute atomic E-state index is 0.533. The van der Waals surface area contributed by atoms with Crippen LogP contribution < -0.4 is 0 Å². The molecule has 0 N–H and O–H groups in total. The molecule has 0 amide bonds. The fourth-order valence-corrected chi connectivity index (χ4v) is 3.22. The summed E-state index contributed by atoms with van der Waals surface area (Å²) in [5, 5.41) is 0. The summed E-state index contributed by atoms with van der Waals surface area (Å²) in [7, 11) is 0. The summed E-state index contributed by atoms with van der Waals surface area (Å²) in [5.41, 5.74) is 1.64. The quantitative estimate of drug-likeness (QED) is 0.503. The molecule has 1 unspecified atom stereocenters. The maximum absolute atomic E-state index is 2.53. The molecule has 0 nitrogen and oxygen atoms in total. The lowest BCUT2D eigenvalue weighted by Crippen LogP contribution is -2.29. The third-order valence-corrected chi connectivity index (χ3v) is 5.85. The minimum Gasteiger partial charge on any atom is -0.0623 e. The largest absolute Gasteiger partial charge is 0.0623 e. The molecule has 108 valence electrons. The van der Waals surface area contributed by atoms with Crippen LogP contribution in [-0.4, -0.2) is 0 Å². The van der Waals surface area contributed by atoms with E-state index in [0.717, 1.165) is 5.92 Å². The van der Waals surface area contributed by atoms with E-state index in [4.69, 9.17) is 0 Å². The molecule has 0 aromatic heterocycles. The Morgan fingerprint density at radius 1 is 0.611 bits per heavy atom. The molecule has 0 bridgehead atoms. The summed E-state index contributed by atoms with van der Waals surface area (Å²) in [6, 6.07) is 0. The molecule has 1 aliphatic carbocycles. The molecule has 1 fully saturated rings. The van der Waals surface area contributed by atoms with Crippen molar-refractivity contribution in [3.05, 3.63) is 0 Å². The summed E-state index contributed by atoms with van der Waals surface area (Å²) >= 11 is 0. The van der Waals surface area contributed by atoms with Crippen LogP contribution in [0.5, 0.6) is 0 Å². The molecule has 1 saturated carbocycles. The van der Waals surface area contributed by atoms with Crippen LogP contribution in [0.1, 0.15) is 93.4 Å². The molecule has 0 aromatic carbocycles. The fraction of sp³-hybridized carbons (Fsp3) is 1.00. The van der Waals surface area contributed by atoms with Crippen LogP contribution in [0.2, 0.25) is 0 Å². The third-order valence-electron chi connectivity index (χ3n) is 5.85. The highest BCUT2D eigenvalue weighted by molar-refractivity contribution is 4.85. The van der Waals surface area contributed by atoms with Crippen LogP contribution >= 0.6 is 0 Å². The van der Waals surface area contributed by atoms with Gasteiger partial charge in [-0.05, 0) is 60.7 Å². The molecule has 1 atom stereocenters. The Kier molecular flexibility index (Phi) is 4.95. The lowest BCUT2D eigenvalue weighted by atomic mass is 9.65. The van der Waals surface area contributed by atoms with Crippen molar-refractivity contribution in [1.82, 2.24) is 0 Å². The van der Waals surface area contributed by atoms with Crippen LogP contribution in [0, 0.1) is 22.2 Å². The molecule has 1 rings (SSSR count). The van der Waals surface area contributed by atoms with Gasteiger partial charge in [-0.25, -0.2) is 0 Å². The zero-order chi connectivity index (χ0) is 14.0. The van der Waals surface area contributed by atoms with E-state index in [9.17, 15) is 0 Å².